The molecule has 0 aromatic heterocycles. The average molecular weight is 520 g/mol. The number of aryl methyl sites for hydroxylation is 1. The first kappa shape index (κ1) is 27.4. The van der Waals surface area contributed by atoms with Crippen molar-refractivity contribution in [1.82, 2.24) is 5.06 Å². The number of amidine groups is 1. The van der Waals surface area contributed by atoms with E-state index in [1.54, 1.807) is 5.06 Å². The summed E-state index contributed by atoms with van der Waals surface area (Å²) in [7, 11) is 0. The van der Waals surface area contributed by atoms with Crippen molar-refractivity contribution in [1.29, 1.82) is 0 Å². The van der Waals surface area contributed by atoms with E-state index in [9.17, 15) is 4.79 Å². The third-order valence-electron chi connectivity index (χ3n) is 6.60. The SMILES string of the molecule is CC(C)(C)OC(=O)ON1CCC(c2ccc(CCC(N)=NO)cc2)C(OCc2ccc3ccccc3c2)C1. The molecule has 3 aromatic rings. The number of fused-ring (bicyclic) bond motifs is 1. The molecule has 1 saturated heterocycles. The molecule has 0 bridgehead atoms. The third kappa shape index (κ3) is 7.69. The summed E-state index contributed by atoms with van der Waals surface area (Å²) in [6.07, 6.45) is 1.04. The first-order chi connectivity index (χ1) is 18.2. The molecule has 38 heavy (non-hydrogen) atoms. The van der Waals surface area contributed by atoms with Crippen LogP contribution in [-0.4, -0.2) is 47.1 Å². The van der Waals surface area contributed by atoms with Gasteiger partial charge in [0.25, 0.3) is 0 Å². The lowest BCUT2D eigenvalue weighted by atomic mass is 9.87. The Bertz CT molecular complexity index is 1250. The number of ether oxygens (including phenoxy) is 2. The first-order valence-corrected chi connectivity index (χ1v) is 13.0. The van der Waals surface area contributed by atoms with Gasteiger partial charge in [0.15, 0.2) is 0 Å². The fraction of sp³-hybridized carbons (Fsp3) is 0.400. The van der Waals surface area contributed by atoms with Gasteiger partial charge in [-0.25, -0.2) is 4.79 Å². The Balaban J connectivity index is 1.47. The van der Waals surface area contributed by atoms with Crippen LogP contribution in [0.4, 0.5) is 4.79 Å². The molecule has 1 fully saturated rings. The highest BCUT2D eigenvalue weighted by atomic mass is 16.8. The second-order valence-electron chi connectivity index (χ2n) is 10.7. The molecule has 4 rings (SSSR count). The smallest absolute Gasteiger partial charge is 0.427 e. The summed E-state index contributed by atoms with van der Waals surface area (Å²) in [5.41, 5.74) is 8.35. The lowest BCUT2D eigenvalue weighted by molar-refractivity contribution is -0.179. The highest BCUT2D eigenvalue weighted by Gasteiger charge is 2.34. The van der Waals surface area contributed by atoms with E-state index in [2.05, 4.69) is 59.8 Å². The molecule has 0 saturated carbocycles. The maximum atomic E-state index is 12.3. The van der Waals surface area contributed by atoms with Gasteiger partial charge in [-0.3, -0.25) is 0 Å². The molecule has 0 radical (unpaired) electrons. The Hall–Kier alpha value is -3.62. The molecule has 2 unspecified atom stereocenters. The first-order valence-electron chi connectivity index (χ1n) is 13.0. The van der Waals surface area contributed by atoms with Crippen molar-refractivity contribution >= 4 is 22.8 Å². The second kappa shape index (κ2) is 12.3. The standard InChI is InChI=1S/C30H37N3O5/c1-30(2,3)37-29(34)38-33-17-16-26(24-13-8-21(9-14-24)11-15-28(31)32-35)27(19-33)36-20-22-10-12-23-6-4-5-7-25(23)18-22/h4-10,12-14,18,26-27,35H,11,15-17,19-20H2,1-3H3,(H2,31,32). The number of nitrogens with two attached hydrogens (primary N) is 1. The molecule has 3 aromatic carbocycles. The maximum absolute atomic E-state index is 12.3. The van der Waals surface area contributed by atoms with Gasteiger partial charge in [-0.05, 0) is 67.1 Å². The van der Waals surface area contributed by atoms with E-state index >= 15 is 0 Å². The van der Waals surface area contributed by atoms with Gasteiger partial charge in [-0.15, -0.1) is 5.06 Å². The van der Waals surface area contributed by atoms with Crippen LogP contribution in [0.1, 0.15) is 56.2 Å². The predicted molar refractivity (Wildman–Crippen MR) is 147 cm³/mol. The molecule has 1 heterocycles. The number of hydroxylamine groups is 2. The van der Waals surface area contributed by atoms with Crippen molar-refractivity contribution in [3.63, 3.8) is 0 Å². The average Bonchev–Trinajstić information content (AvgIpc) is 2.89. The van der Waals surface area contributed by atoms with Crippen molar-refractivity contribution in [3.05, 3.63) is 83.4 Å². The zero-order valence-corrected chi connectivity index (χ0v) is 22.3. The number of oxime groups is 1. The minimum absolute atomic E-state index is 0.132. The second-order valence-corrected chi connectivity index (χ2v) is 10.7. The largest absolute Gasteiger partial charge is 0.528 e. The fourth-order valence-corrected chi connectivity index (χ4v) is 4.68. The number of carbonyl (C=O) groups excluding carboxylic acids is 1. The van der Waals surface area contributed by atoms with E-state index < -0.39 is 11.8 Å². The summed E-state index contributed by atoms with van der Waals surface area (Å²) < 4.78 is 11.8. The summed E-state index contributed by atoms with van der Waals surface area (Å²) in [6, 6.07) is 23.0. The van der Waals surface area contributed by atoms with E-state index in [1.165, 1.54) is 10.8 Å². The molecule has 8 heteroatoms. The van der Waals surface area contributed by atoms with Gasteiger partial charge in [0.1, 0.15) is 11.4 Å². The van der Waals surface area contributed by atoms with Crippen molar-refractivity contribution in [2.45, 2.75) is 64.3 Å². The zero-order chi connectivity index (χ0) is 27.1. The Morgan fingerprint density at radius 3 is 2.47 bits per heavy atom. The molecule has 3 N–H and O–H groups in total. The van der Waals surface area contributed by atoms with Crippen LogP contribution in [-0.2, 0) is 27.3 Å². The number of benzene rings is 3. The Morgan fingerprint density at radius 1 is 1.05 bits per heavy atom. The lowest BCUT2D eigenvalue weighted by Crippen LogP contribution is -2.45. The molecule has 8 nitrogen and oxygen atoms in total. The molecule has 202 valence electrons. The highest BCUT2D eigenvalue weighted by Crippen LogP contribution is 2.32. The van der Waals surface area contributed by atoms with E-state index in [-0.39, 0.29) is 17.9 Å². The van der Waals surface area contributed by atoms with E-state index in [0.29, 0.717) is 32.5 Å². The van der Waals surface area contributed by atoms with Crippen molar-refractivity contribution in [3.8, 4) is 0 Å². The Labute approximate surface area is 223 Å². The van der Waals surface area contributed by atoms with Gasteiger partial charge in [0, 0.05) is 18.9 Å². The number of carbonyl (C=O) groups is 1. The number of piperidine rings is 1. The molecule has 2 atom stereocenters. The molecule has 0 aliphatic carbocycles. The predicted octanol–water partition coefficient (Wildman–Crippen LogP) is 5.76. The van der Waals surface area contributed by atoms with Crippen LogP contribution < -0.4 is 5.73 Å². The fourth-order valence-electron chi connectivity index (χ4n) is 4.68. The number of hydrogen-bond donors (Lipinski definition) is 2. The number of hydrogen-bond acceptors (Lipinski definition) is 7. The van der Waals surface area contributed by atoms with Crippen LogP contribution in [0.2, 0.25) is 0 Å². The van der Waals surface area contributed by atoms with Crippen LogP contribution in [0.5, 0.6) is 0 Å². The van der Waals surface area contributed by atoms with Gasteiger partial charge in [0.2, 0.25) is 0 Å². The number of nitrogens with zero attached hydrogens (tertiary/aromatic N) is 2. The van der Waals surface area contributed by atoms with Crippen molar-refractivity contribution in [2.75, 3.05) is 13.1 Å². The summed E-state index contributed by atoms with van der Waals surface area (Å²) in [6.45, 7) is 6.89. The van der Waals surface area contributed by atoms with Gasteiger partial charge in [-0.2, -0.15) is 0 Å². The van der Waals surface area contributed by atoms with Crippen molar-refractivity contribution in [2.24, 2.45) is 10.9 Å². The summed E-state index contributed by atoms with van der Waals surface area (Å²) in [5, 5.41) is 15.8. The summed E-state index contributed by atoms with van der Waals surface area (Å²) in [5.74, 6) is 0.348. The van der Waals surface area contributed by atoms with E-state index in [1.807, 2.05) is 32.9 Å². The van der Waals surface area contributed by atoms with Gasteiger partial charge >= 0.3 is 6.16 Å². The molecule has 1 aliphatic heterocycles. The zero-order valence-electron chi connectivity index (χ0n) is 22.3. The van der Waals surface area contributed by atoms with E-state index in [0.717, 1.165) is 23.1 Å². The molecular weight excluding hydrogens is 482 g/mol. The van der Waals surface area contributed by atoms with Gasteiger partial charge < -0.3 is 25.3 Å². The normalized spacial score (nSPS) is 18.9. The van der Waals surface area contributed by atoms with Crippen molar-refractivity contribution < 1.29 is 24.3 Å². The monoisotopic (exact) mass is 519 g/mol. The molecule has 1 aliphatic rings. The Morgan fingerprint density at radius 2 is 1.76 bits per heavy atom. The lowest BCUT2D eigenvalue weighted by Gasteiger charge is -2.37. The summed E-state index contributed by atoms with van der Waals surface area (Å²) in [4.78, 5) is 17.8. The quantitative estimate of drug-likeness (QED) is 0.128. The van der Waals surface area contributed by atoms with E-state index in [4.69, 9.17) is 25.3 Å². The minimum atomic E-state index is -0.709. The minimum Gasteiger partial charge on any atom is -0.427 e. The van der Waals surface area contributed by atoms with Crippen LogP contribution in [0.25, 0.3) is 10.8 Å². The highest BCUT2D eigenvalue weighted by molar-refractivity contribution is 5.83. The van der Waals surface area contributed by atoms with Crippen LogP contribution >= 0.6 is 0 Å². The third-order valence-corrected chi connectivity index (χ3v) is 6.60. The number of rotatable bonds is 8. The van der Waals surface area contributed by atoms with Crippen LogP contribution in [0.15, 0.2) is 71.9 Å². The van der Waals surface area contributed by atoms with Crippen LogP contribution in [0.3, 0.4) is 0 Å². The summed E-state index contributed by atoms with van der Waals surface area (Å²) >= 11 is 0. The maximum Gasteiger partial charge on any atom is 0.528 e. The van der Waals surface area contributed by atoms with Crippen LogP contribution in [0, 0.1) is 0 Å². The topological polar surface area (TPSA) is 107 Å². The Kier molecular flexibility index (Phi) is 8.86. The molecule has 0 amide bonds. The molecular formula is C30H37N3O5. The molecule has 0 spiro atoms. The van der Waals surface area contributed by atoms with Gasteiger partial charge in [0.05, 0.1) is 19.3 Å². The van der Waals surface area contributed by atoms with Gasteiger partial charge in [-0.1, -0.05) is 65.8 Å².